The molecule has 0 saturated heterocycles. The average molecular weight is 342 g/mol. The summed E-state index contributed by atoms with van der Waals surface area (Å²) in [7, 11) is -1.64. The molecular formula is C22H35NSi. The number of hydrogen-bond acceptors (Lipinski definition) is 1. The van der Waals surface area contributed by atoms with Gasteiger partial charge in [-0.05, 0) is 41.0 Å². The lowest BCUT2D eigenvalue weighted by atomic mass is 9.77. The average Bonchev–Trinajstić information content (AvgIpc) is 2.56. The molecule has 0 amide bonds. The van der Waals surface area contributed by atoms with Gasteiger partial charge in [0.15, 0.2) is 8.24 Å². The van der Waals surface area contributed by atoms with Crippen LogP contribution in [0.15, 0.2) is 54.9 Å². The molecule has 132 valence electrons. The summed E-state index contributed by atoms with van der Waals surface area (Å²) in [5.41, 5.74) is 3.60. The monoisotopic (exact) mass is 341 g/mol. The van der Waals surface area contributed by atoms with Gasteiger partial charge in [-0.3, -0.25) is 0 Å². The molecule has 2 rings (SSSR count). The molecule has 0 aliphatic carbocycles. The van der Waals surface area contributed by atoms with Crippen LogP contribution in [0.4, 0.5) is 0 Å². The Hall–Kier alpha value is -1.28. The lowest BCUT2D eigenvalue weighted by molar-refractivity contribution is 0.560. The largest absolute Gasteiger partial charge is 0.380 e. The zero-order valence-corrected chi connectivity index (χ0v) is 17.6. The molecular weight excluding hydrogens is 306 g/mol. The van der Waals surface area contributed by atoms with Crippen molar-refractivity contribution in [3.63, 3.8) is 0 Å². The van der Waals surface area contributed by atoms with Crippen LogP contribution in [0.2, 0.25) is 16.6 Å². The fraction of sp³-hybridized carbons (Fsp3) is 0.545. The van der Waals surface area contributed by atoms with Crippen molar-refractivity contribution < 1.29 is 0 Å². The summed E-state index contributed by atoms with van der Waals surface area (Å²) in [4.78, 5) is 0. The summed E-state index contributed by atoms with van der Waals surface area (Å²) >= 11 is 0. The summed E-state index contributed by atoms with van der Waals surface area (Å²) in [6.45, 7) is 16.8. The van der Waals surface area contributed by atoms with E-state index in [1.807, 2.05) is 0 Å². The van der Waals surface area contributed by atoms with Gasteiger partial charge in [-0.1, -0.05) is 91.0 Å². The molecule has 0 saturated carbocycles. The van der Waals surface area contributed by atoms with Crippen molar-refractivity contribution in [2.75, 3.05) is 0 Å². The van der Waals surface area contributed by atoms with E-state index in [1.54, 1.807) is 0 Å². The first kappa shape index (κ1) is 19.0. The van der Waals surface area contributed by atoms with Crippen LogP contribution in [0.5, 0.6) is 0 Å². The zero-order valence-electron chi connectivity index (χ0n) is 16.6. The van der Waals surface area contributed by atoms with Gasteiger partial charge >= 0.3 is 0 Å². The highest BCUT2D eigenvalue weighted by Gasteiger charge is 2.47. The topological polar surface area (TPSA) is 3.24 Å². The summed E-state index contributed by atoms with van der Waals surface area (Å²) in [5.74, 6) is 0. The molecule has 1 heterocycles. The standard InChI is InChI=1S/C22H35NSi/c1-8-22(21-12-10-9-11-13-21)14-16-23(17-15-22)24(18(2)3,19(4)5)20(6)7/h9-20H,8H2,1-7H3. The van der Waals surface area contributed by atoms with Crippen molar-refractivity contribution in [1.29, 1.82) is 0 Å². The first-order chi connectivity index (χ1) is 11.3. The Labute approximate surface area is 150 Å². The highest BCUT2D eigenvalue weighted by molar-refractivity contribution is 6.81. The second-order valence-electron chi connectivity index (χ2n) is 8.15. The van der Waals surface area contributed by atoms with Crippen LogP contribution in [-0.4, -0.2) is 12.8 Å². The van der Waals surface area contributed by atoms with Crippen molar-refractivity contribution in [1.82, 2.24) is 4.57 Å². The third-order valence-corrected chi connectivity index (χ3v) is 12.9. The van der Waals surface area contributed by atoms with Gasteiger partial charge in [-0.15, -0.1) is 0 Å². The van der Waals surface area contributed by atoms with Crippen LogP contribution < -0.4 is 0 Å². The Morgan fingerprint density at radius 1 is 0.833 bits per heavy atom. The predicted octanol–water partition coefficient (Wildman–Crippen LogP) is 6.85. The number of hydrogen-bond donors (Lipinski definition) is 0. The lowest BCUT2D eigenvalue weighted by Gasteiger charge is -2.51. The third kappa shape index (κ3) is 3.01. The maximum Gasteiger partial charge on any atom is 0.168 e. The second-order valence-corrected chi connectivity index (χ2v) is 13.9. The minimum atomic E-state index is -1.64. The lowest BCUT2D eigenvalue weighted by Crippen LogP contribution is -2.56. The van der Waals surface area contributed by atoms with Crippen molar-refractivity contribution in [3.8, 4) is 0 Å². The SMILES string of the molecule is CCC1(c2ccccc2)C=CN([Si](C(C)C)(C(C)C)C(C)C)C=C1. The maximum atomic E-state index is 2.63. The van der Waals surface area contributed by atoms with Crippen molar-refractivity contribution in [2.45, 2.75) is 76.9 Å². The maximum absolute atomic E-state index is 2.63. The molecule has 0 fully saturated rings. The first-order valence-electron chi connectivity index (χ1n) is 9.54. The molecule has 0 unspecified atom stereocenters. The Morgan fingerprint density at radius 3 is 1.67 bits per heavy atom. The van der Waals surface area contributed by atoms with E-state index in [0.29, 0.717) is 0 Å². The van der Waals surface area contributed by atoms with E-state index in [-0.39, 0.29) is 5.41 Å². The predicted molar refractivity (Wildman–Crippen MR) is 110 cm³/mol. The summed E-state index contributed by atoms with van der Waals surface area (Å²) in [6, 6.07) is 10.9. The summed E-state index contributed by atoms with van der Waals surface area (Å²) < 4.78 is 2.63. The molecule has 0 N–H and O–H groups in total. The number of rotatable bonds is 6. The molecule has 0 bridgehead atoms. The highest BCUT2D eigenvalue weighted by Crippen LogP contribution is 2.46. The van der Waals surface area contributed by atoms with Gasteiger partial charge in [-0.2, -0.15) is 0 Å². The van der Waals surface area contributed by atoms with Crippen LogP contribution in [0.1, 0.15) is 60.5 Å². The second kappa shape index (κ2) is 7.31. The van der Waals surface area contributed by atoms with E-state index in [1.165, 1.54) is 5.56 Å². The molecule has 1 aromatic carbocycles. The Kier molecular flexibility index (Phi) is 5.80. The van der Waals surface area contributed by atoms with Crippen LogP contribution in [-0.2, 0) is 5.41 Å². The van der Waals surface area contributed by atoms with Crippen LogP contribution in [0.3, 0.4) is 0 Å². The summed E-state index contributed by atoms with van der Waals surface area (Å²) in [6.07, 6.45) is 10.8. The van der Waals surface area contributed by atoms with Crippen molar-refractivity contribution in [2.24, 2.45) is 0 Å². The smallest absolute Gasteiger partial charge is 0.168 e. The molecule has 1 aromatic rings. The van der Waals surface area contributed by atoms with E-state index in [2.05, 4.69) is 108 Å². The highest BCUT2D eigenvalue weighted by atomic mass is 28.3. The van der Waals surface area contributed by atoms with Gasteiger partial charge in [0.1, 0.15) is 0 Å². The van der Waals surface area contributed by atoms with Gasteiger partial charge in [-0.25, -0.2) is 0 Å². The quantitative estimate of drug-likeness (QED) is 0.511. The minimum Gasteiger partial charge on any atom is -0.380 e. The van der Waals surface area contributed by atoms with Gasteiger partial charge in [0, 0.05) is 5.41 Å². The Balaban J connectivity index is 2.43. The molecule has 1 nitrogen and oxygen atoms in total. The minimum absolute atomic E-state index is 0.0445. The Morgan fingerprint density at radius 2 is 1.29 bits per heavy atom. The van der Waals surface area contributed by atoms with Crippen LogP contribution in [0, 0.1) is 0 Å². The molecule has 1 aliphatic heterocycles. The number of benzene rings is 1. The summed E-state index contributed by atoms with van der Waals surface area (Å²) in [5, 5.41) is 0. The third-order valence-electron chi connectivity index (χ3n) is 6.18. The van der Waals surface area contributed by atoms with E-state index in [4.69, 9.17) is 0 Å². The molecule has 0 radical (unpaired) electrons. The molecule has 0 atom stereocenters. The van der Waals surface area contributed by atoms with Gasteiger partial charge in [0.25, 0.3) is 0 Å². The van der Waals surface area contributed by atoms with Gasteiger partial charge < -0.3 is 4.57 Å². The molecule has 2 heteroatoms. The van der Waals surface area contributed by atoms with E-state index < -0.39 is 8.24 Å². The van der Waals surface area contributed by atoms with E-state index in [0.717, 1.165) is 23.0 Å². The van der Waals surface area contributed by atoms with Crippen LogP contribution in [0.25, 0.3) is 0 Å². The molecule has 0 spiro atoms. The van der Waals surface area contributed by atoms with Crippen LogP contribution >= 0.6 is 0 Å². The van der Waals surface area contributed by atoms with Crippen molar-refractivity contribution >= 4 is 8.24 Å². The normalized spacial score (nSPS) is 17.3. The molecule has 1 aliphatic rings. The zero-order chi connectivity index (χ0) is 18.0. The molecule has 24 heavy (non-hydrogen) atoms. The fourth-order valence-corrected chi connectivity index (χ4v) is 11.5. The number of allylic oxidation sites excluding steroid dienone is 2. The van der Waals surface area contributed by atoms with Gasteiger partial charge in [0.2, 0.25) is 0 Å². The molecule has 0 aromatic heterocycles. The van der Waals surface area contributed by atoms with Gasteiger partial charge in [0.05, 0.1) is 0 Å². The van der Waals surface area contributed by atoms with E-state index in [9.17, 15) is 0 Å². The number of nitrogens with zero attached hydrogens (tertiary/aromatic N) is 1. The fourth-order valence-electron chi connectivity index (χ4n) is 5.07. The Bertz CT molecular complexity index is 547. The first-order valence-corrected chi connectivity index (χ1v) is 11.7. The van der Waals surface area contributed by atoms with E-state index >= 15 is 0 Å². The van der Waals surface area contributed by atoms with Crippen molar-refractivity contribution in [3.05, 3.63) is 60.4 Å².